The third kappa shape index (κ3) is 2.17. The maximum absolute atomic E-state index is 13.3. The van der Waals surface area contributed by atoms with E-state index in [2.05, 4.69) is 0 Å². The van der Waals surface area contributed by atoms with Crippen LogP contribution in [0.25, 0.3) is 0 Å². The number of esters is 1. The Hall–Kier alpha value is -1.42. The van der Waals surface area contributed by atoms with Gasteiger partial charge in [-0.3, -0.25) is 4.79 Å². The summed E-state index contributed by atoms with van der Waals surface area (Å²) >= 11 is 0. The lowest BCUT2D eigenvalue weighted by atomic mass is 9.74. The van der Waals surface area contributed by atoms with Crippen molar-refractivity contribution >= 4 is 5.97 Å². The number of hydrogen-bond acceptors (Lipinski definition) is 3. The van der Waals surface area contributed by atoms with Gasteiger partial charge in [-0.15, -0.1) is 0 Å². The van der Waals surface area contributed by atoms with Crippen LogP contribution >= 0.6 is 0 Å². The van der Waals surface area contributed by atoms with Crippen LogP contribution in [0.2, 0.25) is 0 Å². The molecule has 17 heavy (non-hydrogen) atoms. The van der Waals surface area contributed by atoms with E-state index in [1.54, 1.807) is 12.1 Å². The van der Waals surface area contributed by atoms with E-state index in [0.717, 1.165) is 0 Å². The second kappa shape index (κ2) is 4.84. The second-order valence-corrected chi connectivity index (χ2v) is 4.20. The van der Waals surface area contributed by atoms with Crippen molar-refractivity contribution < 1.29 is 18.7 Å². The zero-order valence-corrected chi connectivity index (χ0v) is 9.74. The van der Waals surface area contributed by atoms with Crippen LogP contribution in [-0.4, -0.2) is 26.3 Å². The smallest absolute Gasteiger partial charge is 0.316 e. The Morgan fingerprint density at radius 1 is 1.41 bits per heavy atom. The van der Waals surface area contributed by atoms with Crippen molar-refractivity contribution in [2.75, 3.05) is 20.3 Å². The fourth-order valence-electron chi connectivity index (χ4n) is 2.31. The lowest BCUT2D eigenvalue weighted by molar-refractivity contribution is -0.151. The summed E-state index contributed by atoms with van der Waals surface area (Å²) in [6.45, 7) is 0.983. The maximum atomic E-state index is 13.3. The molecule has 1 aliphatic heterocycles. The minimum atomic E-state index is -0.755. The minimum absolute atomic E-state index is 0.314. The molecule has 0 N–H and O–H groups in total. The molecular weight excluding hydrogens is 223 g/mol. The van der Waals surface area contributed by atoms with Gasteiger partial charge in [0.15, 0.2) is 0 Å². The zero-order chi connectivity index (χ0) is 12.3. The van der Waals surface area contributed by atoms with Crippen LogP contribution in [0.15, 0.2) is 24.3 Å². The summed E-state index contributed by atoms with van der Waals surface area (Å²) in [7, 11) is 1.36. The normalized spacial score (nSPS) is 18.7. The van der Waals surface area contributed by atoms with Gasteiger partial charge in [0, 0.05) is 13.2 Å². The molecule has 0 saturated carbocycles. The largest absolute Gasteiger partial charge is 0.468 e. The van der Waals surface area contributed by atoms with Gasteiger partial charge in [0.05, 0.1) is 12.5 Å². The molecule has 92 valence electrons. The first-order valence-electron chi connectivity index (χ1n) is 5.61. The van der Waals surface area contributed by atoms with E-state index in [1.165, 1.54) is 19.2 Å². The summed E-state index contributed by atoms with van der Waals surface area (Å²) in [5, 5.41) is 0. The predicted molar refractivity (Wildman–Crippen MR) is 60.1 cm³/mol. The molecule has 1 aromatic rings. The van der Waals surface area contributed by atoms with Gasteiger partial charge < -0.3 is 9.47 Å². The van der Waals surface area contributed by atoms with Gasteiger partial charge in [-0.25, -0.2) is 4.39 Å². The molecule has 0 atom stereocenters. The second-order valence-electron chi connectivity index (χ2n) is 4.20. The van der Waals surface area contributed by atoms with Crippen molar-refractivity contribution in [1.29, 1.82) is 0 Å². The molecular formula is C13H15FO3. The first-order chi connectivity index (χ1) is 8.19. The fraction of sp³-hybridized carbons (Fsp3) is 0.462. The van der Waals surface area contributed by atoms with Crippen LogP contribution in [0.1, 0.15) is 18.4 Å². The van der Waals surface area contributed by atoms with Crippen molar-refractivity contribution in [1.82, 2.24) is 0 Å². The number of rotatable bonds is 2. The highest BCUT2D eigenvalue weighted by Crippen LogP contribution is 2.36. The molecule has 0 bridgehead atoms. The Morgan fingerprint density at radius 3 is 2.71 bits per heavy atom. The van der Waals surface area contributed by atoms with Crippen LogP contribution in [0.5, 0.6) is 0 Å². The lowest BCUT2D eigenvalue weighted by Gasteiger charge is -2.34. The molecule has 0 aliphatic carbocycles. The average molecular weight is 238 g/mol. The maximum Gasteiger partial charge on any atom is 0.316 e. The number of hydrogen-bond donors (Lipinski definition) is 0. The van der Waals surface area contributed by atoms with Gasteiger partial charge in [-0.1, -0.05) is 12.1 Å². The molecule has 0 spiro atoms. The van der Waals surface area contributed by atoms with E-state index in [9.17, 15) is 9.18 Å². The zero-order valence-electron chi connectivity index (χ0n) is 9.74. The van der Waals surface area contributed by atoms with Crippen LogP contribution in [0.3, 0.4) is 0 Å². The molecule has 1 aliphatic rings. The van der Waals surface area contributed by atoms with Crippen LogP contribution in [0.4, 0.5) is 4.39 Å². The van der Waals surface area contributed by atoms with Crippen LogP contribution in [0, 0.1) is 5.82 Å². The highest BCUT2D eigenvalue weighted by molar-refractivity contribution is 5.83. The monoisotopic (exact) mass is 238 g/mol. The summed E-state index contributed by atoms with van der Waals surface area (Å²) in [6, 6.07) is 6.16. The number of carbonyl (C=O) groups excluding carboxylic acids is 1. The molecule has 1 fully saturated rings. The predicted octanol–water partition coefficient (Wildman–Crippen LogP) is 2.05. The molecule has 0 radical (unpaired) electrons. The molecule has 1 heterocycles. The van der Waals surface area contributed by atoms with Gasteiger partial charge in [0.1, 0.15) is 5.82 Å². The molecule has 1 saturated heterocycles. The Bertz CT molecular complexity index is 411. The lowest BCUT2D eigenvalue weighted by Crippen LogP contribution is -2.42. The molecule has 0 unspecified atom stereocenters. The summed E-state index contributed by atoms with van der Waals surface area (Å²) < 4.78 is 23.4. The molecule has 0 aromatic heterocycles. The van der Waals surface area contributed by atoms with Crippen molar-refractivity contribution in [3.8, 4) is 0 Å². The average Bonchev–Trinajstić information content (AvgIpc) is 2.38. The number of benzene rings is 1. The van der Waals surface area contributed by atoms with E-state index in [4.69, 9.17) is 9.47 Å². The van der Waals surface area contributed by atoms with Crippen molar-refractivity contribution in [2.24, 2.45) is 0 Å². The SMILES string of the molecule is COC(=O)C1(c2cccc(F)c2)CCOCC1. The fourth-order valence-corrected chi connectivity index (χ4v) is 2.31. The van der Waals surface area contributed by atoms with E-state index in [0.29, 0.717) is 31.6 Å². The van der Waals surface area contributed by atoms with Crippen LogP contribution in [-0.2, 0) is 19.7 Å². The number of methoxy groups -OCH3 is 1. The van der Waals surface area contributed by atoms with E-state index in [-0.39, 0.29) is 11.8 Å². The number of ether oxygens (including phenoxy) is 2. The summed E-state index contributed by atoms with van der Waals surface area (Å²) in [4.78, 5) is 12.0. The van der Waals surface area contributed by atoms with E-state index < -0.39 is 5.41 Å². The molecule has 3 nitrogen and oxygen atoms in total. The standard InChI is InChI=1S/C13H15FO3/c1-16-12(15)13(5-7-17-8-6-13)10-3-2-4-11(14)9-10/h2-4,9H,5-8H2,1H3. The first-order valence-corrected chi connectivity index (χ1v) is 5.61. The summed E-state index contributed by atoms with van der Waals surface area (Å²) in [5.74, 6) is -0.649. The van der Waals surface area contributed by atoms with Crippen molar-refractivity contribution in [2.45, 2.75) is 18.3 Å². The minimum Gasteiger partial charge on any atom is -0.468 e. The first kappa shape index (κ1) is 12.0. The van der Waals surface area contributed by atoms with Gasteiger partial charge in [0.2, 0.25) is 0 Å². The Labute approximate surface area is 99.5 Å². The third-order valence-electron chi connectivity index (χ3n) is 3.30. The van der Waals surface area contributed by atoms with Gasteiger partial charge in [-0.2, -0.15) is 0 Å². The molecule has 2 rings (SSSR count). The Morgan fingerprint density at radius 2 is 2.12 bits per heavy atom. The number of carbonyl (C=O) groups is 1. The van der Waals surface area contributed by atoms with Gasteiger partial charge in [-0.05, 0) is 30.5 Å². The molecule has 4 heteroatoms. The Kier molecular flexibility index (Phi) is 3.43. The quantitative estimate of drug-likeness (QED) is 0.740. The summed E-state index contributed by atoms with van der Waals surface area (Å²) in [5.41, 5.74) is -0.0811. The van der Waals surface area contributed by atoms with E-state index in [1.807, 2.05) is 0 Å². The van der Waals surface area contributed by atoms with Crippen molar-refractivity contribution in [3.63, 3.8) is 0 Å². The van der Waals surface area contributed by atoms with Gasteiger partial charge >= 0.3 is 5.97 Å². The third-order valence-corrected chi connectivity index (χ3v) is 3.30. The van der Waals surface area contributed by atoms with E-state index >= 15 is 0 Å². The highest BCUT2D eigenvalue weighted by atomic mass is 19.1. The highest BCUT2D eigenvalue weighted by Gasteiger charge is 2.42. The van der Waals surface area contributed by atoms with Crippen LogP contribution < -0.4 is 0 Å². The van der Waals surface area contributed by atoms with Crippen molar-refractivity contribution in [3.05, 3.63) is 35.6 Å². The summed E-state index contributed by atoms with van der Waals surface area (Å²) in [6.07, 6.45) is 1.06. The van der Waals surface area contributed by atoms with Gasteiger partial charge in [0.25, 0.3) is 0 Å². The Balaban J connectivity index is 2.42. The number of halogens is 1. The molecule has 0 amide bonds. The molecule has 1 aromatic carbocycles. The topological polar surface area (TPSA) is 35.5 Å².